The fraction of sp³-hybridized carbons (Fsp3) is 0.294. The molecule has 12 nitrogen and oxygen atoms in total. The third-order valence-corrected chi connectivity index (χ3v) is 8.63. The average Bonchev–Trinajstić information content (AvgIpc) is 3.59. The SMILES string of the molecule is C[C@H](/C=C/CCn1cc(CCO)nn1)[C@@]1(O)C(=O)N(Cc2cccc(N3C(=O)CCc4ccccc43)c2)c2ccc([N+](=O)[O-])cc21. The molecule has 0 radical (unpaired) electrons. The van der Waals surface area contributed by atoms with Gasteiger partial charge in [-0.05, 0) is 48.2 Å². The lowest BCUT2D eigenvalue weighted by atomic mass is 9.82. The summed E-state index contributed by atoms with van der Waals surface area (Å²) in [5, 5.41) is 40.9. The fourth-order valence-corrected chi connectivity index (χ4v) is 6.22. The number of rotatable bonds is 11. The van der Waals surface area contributed by atoms with Crippen LogP contribution in [0.2, 0.25) is 0 Å². The molecule has 236 valence electrons. The van der Waals surface area contributed by atoms with E-state index in [1.54, 1.807) is 28.8 Å². The van der Waals surface area contributed by atoms with Crippen molar-refractivity contribution in [3.8, 4) is 0 Å². The predicted octanol–water partition coefficient (Wildman–Crippen LogP) is 4.35. The van der Waals surface area contributed by atoms with Gasteiger partial charge >= 0.3 is 0 Å². The second kappa shape index (κ2) is 12.7. The van der Waals surface area contributed by atoms with Crippen molar-refractivity contribution in [3.63, 3.8) is 0 Å². The topological polar surface area (TPSA) is 155 Å². The molecule has 4 aromatic rings. The zero-order valence-electron chi connectivity index (χ0n) is 25.3. The van der Waals surface area contributed by atoms with Crippen LogP contribution in [0.1, 0.15) is 42.1 Å². The lowest BCUT2D eigenvalue weighted by Crippen LogP contribution is -2.44. The van der Waals surface area contributed by atoms with E-state index in [0.29, 0.717) is 49.3 Å². The quantitative estimate of drug-likeness (QED) is 0.142. The highest BCUT2D eigenvalue weighted by molar-refractivity contribution is 6.07. The van der Waals surface area contributed by atoms with E-state index in [9.17, 15) is 24.8 Å². The van der Waals surface area contributed by atoms with Gasteiger partial charge in [-0.25, -0.2) is 0 Å². The number of nitro groups is 1. The Morgan fingerprint density at radius 2 is 1.89 bits per heavy atom. The first kappa shape index (κ1) is 30.8. The summed E-state index contributed by atoms with van der Waals surface area (Å²) in [5.74, 6) is -1.33. The van der Waals surface area contributed by atoms with E-state index in [-0.39, 0.29) is 30.3 Å². The molecule has 2 aliphatic heterocycles. The van der Waals surface area contributed by atoms with Crippen LogP contribution < -0.4 is 9.80 Å². The largest absolute Gasteiger partial charge is 0.396 e. The number of benzene rings is 3. The van der Waals surface area contributed by atoms with Crippen molar-refractivity contribution in [1.29, 1.82) is 0 Å². The molecule has 0 bridgehead atoms. The van der Waals surface area contributed by atoms with E-state index in [1.165, 1.54) is 23.1 Å². The highest BCUT2D eigenvalue weighted by atomic mass is 16.6. The van der Waals surface area contributed by atoms with Gasteiger partial charge < -0.3 is 15.1 Å². The molecule has 0 unspecified atom stereocenters. The molecule has 2 atom stereocenters. The molecular formula is C34H34N6O6. The summed E-state index contributed by atoms with van der Waals surface area (Å²) in [6.45, 7) is 2.28. The first-order valence-corrected chi connectivity index (χ1v) is 15.2. The van der Waals surface area contributed by atoms with E-state index >= 15 is 0 Å². The van der Waals surface area contributed by atoms with Gasteiger partial charge in [-0.3, -0.25) is 29.3 Å². The number of carbonyl (C=O) groups is 2. The van der Waals surface area contributed by atoms with Crippen LogP contribution in [0.3, 0.4) is 0 Å². The second-order valence-electron chi connectivity index (χ2n) is 11.6. The number of nitro benzene ring substituents is 1. The van der Waals surface area contributed by atoms with Gasteiger partial charge in [0.25, 0.3) is 11.6 Å². The number of aryl methyl sites for hydroxylation is 2. The first-order chi connectivity index (χ1) is 22.2. The number of fused-ring (bicyclic) bond motifs is 2. The number of carbonyl (C=O) groups excluding carboxylic acids is 2. The minimum atomic E-state index is -2.04. The lowest BCUT2D eigenvalue weighted by Gasteiger charge is -2.30. The molecule has 1 aromatic heterocycles. The highest BCUT2D eigenvalue weighted by Crippen LogP contribution is 2.47. The molecule has 46 heavy (non-hydrogen) atoms. The van der Waals surface area contributed by atoms with Gasteiger partial charge in [-0.2, -0.15) is 0 Å². The number of nitrogens with zero attached hydrogens (tertiary/aromatic N) is 6. The zero-order valence-corrected chi connectivity index (χ0v) is 25.3. The molecule has 0 aliphatic carbocycles. The fourth-order valence-electron chi connectivity index (χ4n) is 6.22. The minimum absolute atomic E-state index is 0.0164. The molecule has 0 fully saturated rings. The smallest absolute Gasteiger partial charge is 0.269 e. The monoisotopic (exact) mass is 622 g/mol. The van der Waals surface area contributed by atoms with Crippen molar-refractivity contribution < 1.29 is 24.7 Å². The summed E-state index contributed by atoms with van der Waals surface area (Å²) >= 11 is 0. The lowest BCUT2D eigenvalue weighted by molar-refractivity contribution is -0.385. The number of para-hydroxylation sites is 1. The van der Waals surface area contributed by atoms with Crippen LogP contribution in [0.15, 0.2) is 85.1 Å². The van der Waals surface area contributed by atoms with Crippen molar-refractivity contribution in [1.82, 2.24) is 15.0 Å². The van der Waals surface area contributed by atoms with Gasteiger partial charge in [0.2, 0.25) is 5.91 Å². The van der Waals surface area contributed by atoms with Crippen LogP contribution in [-0.2, 0) is 41.1 Å². The second-order valence-corrected chi connectivity index (χ2v) is 11.6. The summed E-state index contributed by atoms with van der Waals surface area (Å²) in [6, 6.07) is 19.3. The Balaban J connectivity index is 1.26. The van der Waals surface area contributed by atoms with Gasteiger partial charge in [0.1, 0.15) is 0 Å². The highest BCUT2D eigenvalue weighted by Gasteiger charge is 2.53. The summed E-state index contributed by atoms with van der Waals surface area (Å²) in [5.41, 5.74) is 2.29. The summed E-state index contributed by atoms with van der Waals surface area (Å²) in [6.07, 6.45) is 7.33. The molecule has 2 N–H and O–H groups in total. The Morgan fingerprint density at radius 3 is 2.70 bits per heavy atom. The maximum absolute atomic E-state index is 14.1. The number of non-ortho nitro benzene ring substituents is 1. The summed E-state index contributed by atoms with van der Waals surface area (Å²) in [7, 11) is 0. The molecular weight excluding hydrogens is 588 g/mol. The predicted molar refractivity (Wildman–Crippen MR) is 170 cm³/mol. The van der Waals surface area contributed by atoms with Crippen LogP contribution in [0.25, 0.3) is 0 Å². The van der Waals surface area contributed by atoms with Gasteiger partial charge in [-0.1, -0.05) is 54.6 Å². The van der Waals surface area contributed by atoms with Crippen molar-refractivity contribution in [3.05, 3.63) is 118 Å². The molecule has 2 amide bonds. The number of aliphatic hydroxyl groups excluding tert-OH is 1. The van der Waals surface area contributed by atoms with E-state index in [2.05, 4.69) is 10.3 Å². The number of allylic oxidation sites excluding steroid dienone is 1. The number of aliphatic hydroxyl groups is 2. The normalized spacial score (nSPS) is 18.2. The molecule has 0 spiro atoms. The van der Waals surface area contributed by atoms with E-state index in [4.69, 9.17) is 5.11 Å². The van der Waals surface area contributed by atoms with Gasteiger partial charge in [0.05, 0.1) is 28.5 Å². The van der Waals surface area contributed by atoms with E-state index in [1.807, 2.05) is 54.6 Å². The first-order valence-electron chi connectivity index (χ1n) is 15.2. The van der Waals surface area contributed by atoms with Crippen LogP contribution in [-0.4, -0.2) is 48.6 Å². The maximum Gasteiger partial charge on any atom is 0.269 e. The molecule has 0 saturated heterocycles. The van der Waals surface area contributed by atoms with E-state index in [0.717, 1.165) is 16.8 Å². The number of amides is 2. The van der Waals surface area contributed by atoms with Gasteiger partial charge in [0, 0.05) is 61.5 Å². The molecule has 6 rings (SSSR count). The Kier molecular flexibility index (Phi) is 8.48. The number of hydrogen-bond acceptors (Lipinski definition) is 8. The molecule has 2 aliphatic rings. The molecule has 3 heterocycles. The van der Waals surface area contributed by atoms with Crippen LogP contribution in [0.4, 0.5) is 22.7 Å². The molecule has 0 saturated carbocycles. The van der Waals surface area contributed by atoms with E-state index < -0.39 is 22.3 Å². The standard InChI is InChI=1S/C34H34N6O6/c1-23(7-4-5-17-37-22-26(16-18-41)35-36-37)34(44)29-20-28(40(45)46)13-14-31(29)38(33(34)43)21-24-8-6-10-27(19-24)39-30-11-3-2-9-25(30)12-15-32(39)42/h2-4,6-11,13-14,19-20,22-23,41,44H,5,12,15-18,21H2,1H3/b7-4+/t23-,34+/m1/s1. The zero-order chi connectivity index (χ0) is 32.4. The maximum atomic E-state index is 14.1. The number of anilines is 3. The summed E-state index contributed by atoms with van der Waals surface area (Å²) in [4.78, 5) is 41.4. The summed E-state index contributed by atoms with van der Waals surface area (Å²) < 4.78 is 1.65. The average molecular weight is 623 g/mol. The minimum Gasteiger partial charge on any atom is -0.396 e. The van der Waals surface area contributed by atoms with Gasteiger partial charge in [0.15, 0.2) is 5.60 Å². The Labute approximate surface area is 265 Å². The Hall–Kier alpha value is -5.20. The van der Waals surface area contributed by atoms with Crippen molar-refractivity contribution >= 4 is 34.6 Å². The van der Waals surface area contributed by atoms with Crippen molar-refractivity contribution in [2.75, 3.05) is 16.4 Å². The van der Waals surface area contributed by atoms with Crippen LogP contribution >= 0.6 is 0 Å². The Bertz CT molecular complexity index is 1840. The van der Waals surface area contributed by atoms with Crippen molar-refractivity contribution in [2.24, 2.45) is 5.92 Å². The third kappa shape index (κ3) is 5.68. The van der Waals surface area contributed by atoms with Crippen molar-refractivity contribution in [2.45, 2.75) is 51.3 Å². The number of aromatic nitrogens is 3. The van der Waals surface area contributed by atoms with Crippen LogP contribution in [0.5, 0.6) is 0 Å². The van der Waals surface area contributed by atoms with Crippen LogP contribution in [0, 0.1) is 16.0 Å². The van der Waals surface area contributed by atoms with Gasteiger partial charge in [-0.15, -0.1) is 5.10 Å². The molecule has 3 aromatic carbocycles. The third-order valence-electron chi connectivity index (χ3n) is 8.63. The number of hydrogen-bond donors (Lipinski definition) is 2. The Morgan fingerprint density at radius 1 is 1.07 bits per heavy atom. The molecule has 12 heteroatoms.